The Labute approximate surface area is 130 Å². The van der Waals surface area contributed by atoms with Crippen molar-refractivity contribution in [3.05, 3.63) is 28.8 Å². The van der Waals surface area contributed by atoms with Gasteiger partial charge in [-0.15, -0.1) is 0 Å². The summed E-state index contributed by atoms with van der Waals surface area (Å²) in [5.74, 6) is 0. The van der Waals surface area contributed by atoms with Crippen LogP contribution in [-0.4, -0.2) is 38.5 Å². The van der Waals surface area contributed by atoms with Gasteiger partial charge in [0.05, 0.1) is 13.2 Å². The van der Waals surface area contributed by atoms with Gasteiger partial charge in [-0.1, -0.05) is 23.8 Å². The molecule has 0 aliphatic rings. The van der Waals surface area contributed by atoms with Crippen molar-refractivity contribution in [2.24, 2.45) is 5.73 Å². The third-order valence-corrected chi connectivity index (χ3v) is 3.16. The smallest absolute Gasteiger partial charge is 0.106 e. The molecule has 1 aromatic rings. The van der Waals surface area contributed by atoms with E-state index in [0.717, 1.165) is 37.2 Å². The fraction of sp³-hybridized carbons (Fsp3) is 0.500. The van der Waals surface area contributed by atoms with Crippen LogP contribution in [0.25, 0.3) is 0 Å². The molecule has 0 saturated heterocycles. The van der Waals surface area contributed by atoms with Crippen LogP contribution in [-0.2, 0) is 9.47 Å². The molecule has 0 aromatic heterocycles. The van der Waals surface area contributed by atoms with Gasteiger partial charge in [-0.25, -0.2) is 0 Å². The van der Waals surface area contributed by atoms with E-state index in [1.165, 1.54) is 0 Å². The van der Waals surface area contributed by atoms with Gasteiger partial charge in [-0.3, -0.25) is 0 Å². The van der Waals surface area contributed by atoms with Crippen LogP contribution in [0.2, 0.25) is 5.02 Å². The molecule has 6 heteroatoms. The molecule has 0 aliphatic heterocycles. The van der Waals surface area contributed by atoms with E-state index in [1.54, 1.807) is 13.2 Å². The lowest BCUT2D eigenvalue weighted by atomic mass is 10.1. The van der Waals surface area contributed by atoms with Crippen LogP contribution in [0.1, 0.15) is 18.4 Å². The quantitative estimate of drug-likeness (QED) is 0.513. The molecule has 0 radical (unpaired) electrons. The summed E-state index contributed by atoms with van der Waals surface area (Å²) in [5, 5.41) is 3.95. The predicted molar refractivity (Wildman–Crippen MR) is 87.8 cm³/mol. The van der Waals surface area contributed by atoms with E-state index in [2.05, 4.69) is 5.32 Å². The number of thiocarbonyl (C=S) groups is 1. The second kappa shape index (κ2) is 9.94. The van der Waals surface area contributed by atoms with Gasteiger partial charge in [0, 0.05) is 36.5 Å². The Morgan fingerprint density at radius 1 is 1.30 bits per heavy atom. The van der Waals surface area contributed by atoms with Crippen LogP contribution in [0.15, 0.2) is 18.2 Å². The van der Waals surface area contributed by atoms with Crippen LogP contribution in [0, 0.1) is 0 Å². The van der Waals surface area contributed by atoms with Crippen LogP contribution in [0.4, 0.5) is 5.69 Å². The number of benzene rings is 1. The molecular formula is C14H21ClN2O2S. The molecule has 0 heterocycles. The lowest BCUT2D eigenvalue weighted by Crippen LogP contribution is -2.14. The highest BCUT2D eigenvalue weighted by atomic mass is 35.5. The lowest BCUT2D eigenvalue weighted by molar-refractivity contribution is 0.0691. The maximum Gasteiger partial charge on any atom is 0.106 e. The largest absolute Gasteiger partial charge is 0.389 e. The summed E-state index contributed by atoms with van der Waals surface area (Å²) in [7, 11) is 1.67. The summed E-state index contributed by atoms with van der Waals surface area (Å²) in [6.07, 6.45) is 2.00. The Hall–Kier alpha value is -0.880. The number of nitrogens with one attached hydrogen (secondary N) is 1. The normalized spacial score (nSPS) is 10.5. The first-order valence-corrected chi connectivity index (χ1v) is 7.33. The molecule has 0 saturated carbocycles. The maximum atomic E-state index is 5.94. The summed E-state index contributed by atoms with van der Waals surface area (Å²) in [6.45, 7) is 2.87. The molecule has 4 nitrogen and oxygen atoms in total. The van der Waals surface area contributed by atoms with E-state index < -0.39 is 0 Å². The van der Waals surface area contributed by atoms with Crippen molar-refractivity contribution >= 4 is 34.5 Å². The van der Waals surface area contributed by atoms with Gasteiger partial charge in [0.1, 0.15) is 4.99 Å². The number of methoxy groups -OCH3 is 1. The molecule has 0 fully saturated rings. The number of halogens is 1. The predicted octanol–water partition coefficient (Wildman–Crippen LogP) is 2.83. The van der Waals surface area contributed by atoms with E-state index in [9.17, 15) is 0 Å². The molecule has 20 heavy (non-hydrogen) atoms. The number of hydrogen-bond donors (Lipinski definition) is 2. The zero-order valence-electron chi connectivity index (χ0n) is 11.7. The second-order valence-electron chi connectivity index (χ2n) is 4.29. The van der Waals surface area contributed by atoms with E-state index in [4.69, 9.17) is 39.0 Å². The first-order chi connectivity index (χ1) is 9.65. The minimum atomic E-state index is 0.345. The number of ether oxygens (including phenoxy) is 2. The topological polar surface area (TPSA) is 56.5 Å². The summed E-state index contributed by atoms with van der Waals surface area (Å²) in [5.41, 5.74) is 7.38. The first-order valence-electron chi connectivity index (χ1n) is 6.55. The van der Waals surface area contributed by atoms with E-state index in [-0.39, 0.29) is 0 Å². The molecule has 3 N–H and O–H groups in total. The van der Waals surface area contributed by atoms with Gasteiger partial charge in [-0.2, -0.15) is 0 Å². The fourth-order valence-corrected chi connectivity index (χ4v) is 2.01. The van der Waals surface area contributed by atoms with Gasteiger partial charge < -0.3 is 20.5 Å². The van der Waals surface area contributed by atoms with E-state index >= 15 is 0 Å². The van der Waals surface area contributed by atoms with E-state index in [0.29, 0.717) is 23.2 Å². The van der Waals surface area contributed by atoms with Crippen molar-refractivity contribution in [2.45, 2.75) is 12.8 Å². The summed E-state index contributed by atoms with van der Waals surface area (Å²) < 4.78 is 10.3. The summed E-state index contributed by atoms with van der Waals surface area (Å²) >= 11 is 11.0. The zero-order chi connectivity index (χ0) is 14.8. The lowest BCUT2D eigenvalue weighted by Gasteiger charge is -2.11. The van der Waals surface area contributed by atoms with Gasteiger partial charge in [0.25, 0.3) is 0 Å². The third-order valence-electron chi connectivity index (χ3n) is 2.71. The molecular weight excluding hydrogens is 296 g/mol. The van der Waals surface area contributed by atoms with Crippen molar-refractivity contribution in [3.8, 4) is 0 Å². The number of nitrogens with two attached hydrogens (primary N) is 1. The van der Waals surface area contributed by atoms with Crippen LogP contribution in [0.3, 0.4) is 0 Å². The van der Waals surface area contributed by atoms with Gasteiger partial charge in [0.15, 0.2) is 0 Å². The molecule has 112 valence electrons. The Kier molecular flexibility index (Phi) is 8.53. The molecule has 0 bridgehead atoms. The summed E-state index contributed by atoms with van der Waals surface area (Å²) in [4.78, 5) is 0.345. The standard InChI is InChI=1S/C14H21ClN2O2S/c1-18-8-9-19-7-3-2-6-17-13-5-4-11(15)10-12(13)14(16)20/h4-5,10,17H,2-3,6-9H2,1H3,(H2,16,20). The average Bonchev–Trinajstić information content (AvgIpc) is 2.43. The zero-order valence-corrected chi connectivity index (χ0v) is 13.2. The highest BCUT2D eigenvalue weighted by molar-refractivity contribution is 7.80. The van der Waals surface area contributed by atoms with Gasteiger partial charge in [0.2, 0.25) is 0 Å². The van der Waals surface area contributed by atoms with Crippen LogP contribution in [0.5, 0.6) is 0 Å². The second-order valence-corrected chi connectivity index (χ2v) is 5.17. The van der Waals surface area contributed by atoms with Crippen LogP contribution >= 0.6 is 23.8 Å². The summed E-state index contributed by atoms with van der Waals surface area (Å²) in [6, 6.07) is 5.49. The number of anilines is 1. The molecule has 0 spiro atoms. The molecule has 0 amide bonds. The van der Waals surface area contributed by atoms with Crippen molar-refractivity contribution in [1.29, 1.82) is 0 Å². The minimum absolute atomic E-state index is 0.345. The van der Waals surface area contributed by atoms with Crippen molar-refractivity contribution in [2.75, 3.05) is 38.8 Å². The Bertz CT molecular complexity index is 430. The highest BCUT2D eigenvalue weighted by Gasteiger charge is 2.05. The highest BCUT2D eigenvalue weighted by Crippen LogP contribution is 2.20. The average molecular weight is 317 g/mol. The Morgan fingerprint density at radius 3 is 2.80 bits per heavy atom. The molecule has 0 atom stereocenters. The van der Waals surface area contributed by atoms with Gasteiger partial charge in [-0.05, 0) is 31.0 Å². The Balaban J connectivity index is 2.27. The first kappa shape index (κ1) is 17.2. The molecule has 0 unspecified atom stereocenters. The van der Waals surface area contributed by atoms with Gasteiger partial charge >= 0.3 is 0 Å². The number of unbranched alkanes of at least 4 members (excludes halogenated alkanes) is 1. The van der Waals surface area contributed by atoms with Crippen LogP contribution < -0.4 is 11.1 Å². The third kappa shape index (κ3) is 6.52. The SMILES string of the molecule is COCCOCCCCNc1ccc(Cl)cc1C(N)=S. The van der Waals surface area contributed by atoms with Crippen molar-refractivity contribution < 1.29 is 9.47 Å². The number of rotatable bonds is 10. The van der Waals surface area contributed by atoms with E-state index in [1.807, 2.05) is 12.1 Å². The number of hydrogen-bond acceptors (Lipinski definition) is 4. The maximum absolute atomic E-state index is 5.94. The minimum Gasteiger partial charge on any atom is -0.389 e. The molecule has 1 aromatic carbocycles. The van der Waals surface area contributed by atoms with Crippen molar-refractivity contribution in [3.63, 3.8) is 0 Å². The van der Waals surface area contributed by atoms with Crippen molar-refractivity contribution in [1.82, 2.24) is 0 Å². The molecule has 1 rings (SSSR count). The molecule has 0 aliphatic carbocycles. The fourth-order valence-electron chi connectivity index (χ4n) is 1.67. The Morgan fingerprint density at radius 2 is 2.10 bits per heavy atom. The monoisotopic (exact) mass is 316 g/mol.